The highest BCUT2D eigenvalue weighted by molar-refractivity contribution is 7.09. The number of aromatic nitrogens is 2. The highest BCUT2D eigenvalue weighted by Gasteiger charge is 2.01. The SMILES string of the molecule is Cc1csc(COc2cnc3ccccc3c2)n1. The molecule has 3 aromatic rings. The number of fused-ring (bicyclic) bond motifs is 1. The van der Waals surface area contributed by atoms with Crippen LogP contribution < -0.4 is 4.74 Å². The zero-order valence-corrected chi connectivity index (χ0v) is 10.8. The Balaban J connectivity index is 1.78. The molecule has 0 fully saturated rings. The van der Waals surface area contributed by atoms with Crippen LogP contribution in [0.3, 0.4) is 0 Å². The topological polar surface area (TPSA) is 35.0 Å². The molecule has 4 heteroatoms. The highest BCUT2D eigenvalue weighted by Crippen LogP contribution is 2.19. The van der Waals surface area contributed by atoms with E-state index in [2.05, 4.69) is 9.97 Å². The summed E-state index contributed by atoms with van der Waals surface area (Å²) in [6.07, 6.45) is 1.75. The molecule has 0 bridgehead atoms. The minimum atomic E-state index is 0.499. The summed E-state index contributed by atoms with van der Waals surface area (Å²) in [7, 11) is 0. The first-order valence-corrected chi connectivity index (χ1v) is 6.58. The van der Waals surface area contributed by atoms with Crippen LogP contribution in [0.5, 0.6) is 5.75 Å². The number of para-hydroxylation sites is 1. The normalized spacial score (nSPS) is 10.7. The molecule has 0 amide bonds. The van der Waals surface area contributed by atoms with E-state index in [1.165, 1.54) is 0 Å². The van der Waals surface area contributed by atoms with Gasteiger partial charge in [-0.05, 0) is 19.1 Å². The van der Waals surface area contributed by atoms with Gasteiger partial charge in [-0.25, -0.2) is 4.98 Å². The van der Waals surface area contributed by atoms with E-state index in [9.17, 15) is 0 Å². The summed E-state index contributed by atoms with van der Waals surface area (Å²) < 4.78 is 5.70. The van der Waals surface area contributed by atoms with Crippen LogP contribution in [0.4, 0.5) is 0 Å². The minimum Gasteiger partial charge on any atom is -0.485 e. The van der Waals surface area contributed by atoms with Crippen LogP contribution in [0, 0.1) is 6.92 Å². The number of ether oxygens (including phenoxy) is 1. The van der Waals surface area contributed by atoms with Crippen molar-refractivity contribution >= 4 is 22.2 Å². The van der Waals surface area contributed by atoms with Crippen molar-refractivity contribution in [3.05, 3.63) is 52.6 Å². The Kier molecular flexibility index (Phi) is 2.94. The Morgan fingerprint density at radius 1 is 1.28 bits per heavy atom. The van der Waals surface area contributed by atoms with Crippen LogP contribution >= 0.6 is 11.3 Å². The van der Waals surface area contributed by atoms with E-state index in [1.54, 1.807) is 17.5 Å². The number of aryl methyl sites for hydroxylation is 1. The number of benzene rings is 1. The Hall–Kier alpha value is -1.94. The molecule has 0 unspecified atom stereocenters. The van der Waals surface area contributed by atoms with Gasteiger partial charge in [0.2, 0.25) is 0 Å². The summed E-state index contributed by atoms with van der Waals surface area (Å²) in [5.74, 6) is 0.779. The molecule has 0 aliphatic heterocycles. The van der Waals surface area contributed by atoms with E-state index < -0.39 is 0 Å². The Morgan fingerprint density at radius 2 is 2.17 bits per heavy atom. The lowest BCUT2D eigenvalue weighted by Gasteiger charge is -2.04. The van der Waals surface area contributed by atoms with Crippen molar-refractivity contribution in [2.75, 3.05) is 0 Å². The van der Waals surface area contributed by atoms with Gasteiger partial charge in [0.25, 0.3) is 0 Å². The number of pyridine rings is 1. The molecule has 0 N–H and O–H groups in total. The molecule has 0 aliphatic carbocycles. The van der Waals surface area contributed by atoms with Gasteiger partial charge in [0.05, 0.1) is 11.7 Å². The van der Waals surface area contributed by atoms with Gasteiger partial charge >= 0.3 is 0 Å². The molecule has 18 heavy (non-hydrogen) atoms. The first-order chi connectivity index (χ1) is 8.81. The average Bonchev–Trinajstić information content (AvgIpc) is 2.82. The molecular formula is C14H12N2OS. The quantitative estimate of drug-likeness (QED) is 0.718. The lowest BCUT2D eigenvalue weighted by Crippen LogP contribution is -1.95. The van der Waals surface area contributed by atoms with Crippen LogP contribution in [0.1, 0.15) is 10.7 Å². The molecule has 3 nitrogen and oxygen atoms in total. The summed E-state index contributed by atoms with van der Waals surface area (Å²) in [6, 6.07) is 10.0. The van der Waals surface area contributed by atoms with Gasteiger partial charge in [0, 0.05) is 16.5 Å². The van der Waals surface area contributed by atoms with Crippen LogP contribution in [0.2, 0.25) is 0 Å². The van der Waals surface area contributed by atoms with Gasteiger partial charge in [0.1, 0.15) is 17.4 Å². The highest BCUT2D eigenvalue weighted by atomic mass is 32.1. The lowest BCUT2D eigenvalue weighted by atomic mass is 10.2. The molecule has 0 saturated carbocycles. The third-order valence-corrected chi connectivity index (χ3v) is 3.53. The van der Waals surface area contributed by atoms with Crippen LogP contribution in [0.25, 0.3) is 10.9 Å². The van der Waals surface area contributed by atoms with Crippen molar-refractivity contribution in [2.24, 2.45) is 0 Å². The predicted octanol–water partition coefficient (Wildman–Crippen LogP) is 3.58. The summed E-state index contributed by atoms with van der Waals surface area (Å²) in [5.41, 5.74) is 2.02. The largest absolute Gasteiger partial charge is 0.485 e. The predicted molar refractivity (Wildman–Crippen MR) is 72.9 cm³/mol. The maximum Gasteiger partial charge on any atom is 0.140 e. The van der Waals surface area contributed by atoms with E-state index in [0.29, 0.717) is 6.61 Å². The van der Waals surface area contributed by atoms with Crippen molar-refractivity contribution in [2.45, 2.75) is 13.5 Å². The van der Waals surface area contributed by atoms with Crippen molar-refractivity contribution in [3.8, 4) is 5.75 Å². The molecule has 2 aromatic heterocycles. The minimum absolute atomic E-state index is 0.499. The first-order valence-electron chi connectivity index (χ1n) is 5.70. The van der Waals surface area contributed by atoms with E-state index in [1.807, 2.05) is 42.6 Å². The fourth-order valence-electron chi connectivity index (χ4n) is 1.74. The third-order valence-electron chi connectivity index (χ3n) is 2.59. The zero-order valence-electron chi connectivity index (χ0n) is 9.96. The zero-order chi connectivity index (χ0) is 12.4. The smallest absolute Gasteiger partial charge is 0.140 e. The second-order valence-electron chi connectivity index (χ2n) is 4.04. The second kappa shape index (κ2) is 4.74. The molecule has 0 spiro atoms. The van der Waals surface area contributed by atoms with Crippen molar-refractivity contribution in [1.29, 1.82) is 0 Å². The fraction of sp³-hybridized carbons (Fsp3) is 0.143. The van der Waals surface area contributed by atoms with Gasteiger partial charge in [-0.2, -0.15) is 0 Å². The maximum atomic E-state index is 5.70. The van der Waals surface area contributed by atoms with E-state index in [4.69, 9.17) is 4.74 Å². The van der Waals surface area contributed by atoms with Crippen LogP contribution in [0.15, 0.2) is 41.9 Å². The van der Waals surface area contributed by atoms with E-state index >= 15 is 0 Å². The van der Waals surface area contributed by atoms with Crippen molar-refractivity contribution in [3.63, 3.8) is 0 Å². The Bertz CT molecular complexity index is 678. The van der Waals surface area contributed by atoms with Gasteiger partial charge in [-0.15, -0.1) is 11.3 Å². The third kappa shape index (κ3) is 2.33. The molecule has 0 radical (unpaired) electrons. The molecule has 2 heterocycles. The molecule has 3 rings (SSSR count). The molecule has 0 aliphatic rings. The first kappa shape index (κ1) is 11.2. The summed E-state index contributed by atoms with van der Waals surface area (Å²) in [5, 5.41) is 4.10. The monoisotopic (exact) mass is 256 g/mol. The second-order valence-corrected chi connectivity index (χ2v) is 4.98. The van der Waals surface area contributed by atoms with Crippen molar-refractivity contribution in [1.82, 2.24) is 9.97 Å². The lowest BCUT2D eigenvalue weighted by molar-refractivity contribution is 0.304. The average molecular weight is 256 g/mol. The number of thiazole rings is 1. The van der Waals surface area contributed by atoms with Gasteiger partial charge in [-0.1, -0.05) is 18.2 Å². The number of nitrogens with zero attached hydrogens (tertiary/aromatic N) is 2. The summed E-state index contributed by atoms with van der Waals surface area (Å²) >= 11 is 1.62. The standard InChI is InChI=1S/C14H12N2OS/c1-10-9-18-14(16-10)8-17-12-6-11-4-2-3-5-13(11)15-7-12/h2-7,9H,8H2,1H3. The number of hydrogen-bond acceptors (Lipinski definition) is 4. The van der Waals surface area contributed by atoms with Gasteiger partial charge in [0.15, 0.2) is 0 Å². The summed E-state index contributed by atoms with van der Waals surface area (Å²) in [6.45, 7) is 2.48. The molecular weight excluding hydrogens is 244 g/mol. The molecule has 0 atom stereocenters. The van der Waals surface area contributed by atoms with Crippen LogP contribution in [-0.2, 0) is 6.61 Å². The van der Waals surface area contributed by atoms with Crippen molar-refractivity contribution < 1.29 is 4.74 Å². The van der Waals surface area contributed by atoms with E-state index in [0.717, 1.165) is 27.4 Å². The fourth-order valence-corrected chi connectivity index (χ4v) is 2.43. The van der Waals surface area contributed by atoms with E-state index in [-0.39, 0.29) is 0 Å². The number of rotatable bonds is 3. The van der Waals surface area contributed by atoms with Crippen LogP contribution in [-0.4, -0.2) is 9.97 Å². The Labute approximate surface area is 109 Å². The number of hydrogen-bond donors (Lipinski definition) is 0. The molecule has 90 valence electrons. The Morgan fingerprint density at radius 3 is 3.00 bits per heavy atom. The molecule has 0 saturated heterocycles. The summed E-state index contributed by atoms with van der Waals surface area (Å²) in [4.78, 5) is 8.72. The van der Waals surface area contributed by atoms with Gasteiger partial charge < -0.3 is 4.74 Å². The van der Waals surface area contributed by atoms with Gasteiger partial charge in [-0.3, -0.25) is 4.98 Å². The maximum absolute atomic E-state index is 5.70. The molecule has 1 aromatic carbocycles.